The number of hydrogen-bond acceptors (Lipinski definition) is 4. The van der Waals surface area contributed by atoms with Gasteiger partial charge in [-0.25, -0.2) is 12.8 Å². The first-order chi connectivity index (χ1) is 20.8. The third-order valence-electron chi connectivity index (χ3n) is 6.77. The van der Waals surface area contributed by atoms with Crippen molar-refractivity contribution in [3.8, 4) is 0 Å². The van der Waals surface area contributed by atoms with Crippen LogP contribution in [0.15, 0.2) is 114 Å². The zero-order chi connectivity index (χ0) is 31.9. The second kappa shape index (κ2) is 14.1. The fraction of sp³-hybridized carbons (Fsp3) is 0.235. The van der Waals surface area contributed by atoms with Crippen LogP contribution in [-0.4, -0.2) is 43.3 Å². The Morgan fingerprint density at radius 3 is 1.98 bits per heavy atom. The van der Waals surface area contributed by atoms with Crippen LogP contribution in [0.5, 0.6) is 0 Å². The first-order valence-electron chi connectivity index (χ1n) is 14.1. The molecular weight excluding hydrogens is 601 g/mol. The summed E-state index contributed by atoms with van der Waals surface area (Å²) in [5.74, 6) is -1.91. The lowest BCUT2D eigenvalue weighted by molar-refractivity contribution is -0.140. The Hall–Kier alpha value is -4.21. The molecule has 0 aliphatic heterocycles. The number of benzene rings is 4. The van der Waals surface area contributed by atoms with Gasteiger partial charge in [0.2, 0.25) is 11.8 Å². The van der Waals surface area contributed by atoms with E-state index in [1.54, 1.807) is 42.5 Å². The molecule has 230 valence electrons. The van der Waals surface area contributed by atoms with Gasteiger partial charge in [-0.2, -0.15) is 0 Å². The molecule has 0 radical (unpaired) electrons. The molecule has 0 aliphatic rings. The van der Waals surface area contributed by atoms with Gasteiger partial charge < -0.3 is 10.2 Å². The van der Waals surface area contributed by atoms with Crippen LogP contribution in [0.2, 0.25) is 5.02 Å². The van der Waals surface area contributed by atoms with Gasteiger partial charge in [-0.1, -0.05) is 84.4 Å². The van der Waals surface area contributed by atoms with Gasteiger partial charge in [0.05, 0.1) is 10.6 Å². The number of halogens is 2. The number of para-hydroxylation sites is 1. The molecule has 4 aromatic rings. The normalized spacial score (nSPS) is 12.3. The van der Waals surface area contributed by atoms with Crippen molar-refractivity contribution in [2.75, 3.05) is 10.8 Å². The van der Waals surface area contributed by atoms with Crippen molar-refractivity contribution < 1.29 is 22.4 Å². The molecule has 0 bridgehead atoms. The highest BCUT2D eigenvalue weighted by atomic mass is 35.5. The summed E-state index contributed by atoms with van der Waals surface area (Å²) in [5.41, 5.74) is 0.581. The minimum atomic E-state index is -4.39. The van der Waals surface area contributed by atoms with Crippen molar-refractivity contribution in [2.24, 2.45) is 0 Å². The highest BCUT2D eigenvalue weighted by Crippen LogP contribution is 2.27. The number of amides is 2. The summed E-state index contributed by atoms with van der Waals surface area (Å²) in [6.07, 6.45) is 0.160. The number of nitrogens with one attached hydrogen (secondary N) is 1. The smallest absolute Gasteiger partial charge is 0.264 e. The van der Waals surface area contributed by atoms with E-state index >= 15 is 4.39 Å². The highest BCUT2D eigenvalue weighted by Gasteiger charge is 2.36. The number of sulfonamides is 1. The number of nitrogens with zero attached hydrogens (tertiary/aromatic N) is 2. The second-order valence-corrected chi connectivity index (χ2v) is 13.7. The maximum atomic E-state index is 15.2. The van der Waals surface area contributed by atoms with Crippen LogP contribution in [0.3, 0.4) is 0 Å². The van der Waals surface area contributed by atoms with Crippen molar-refractivity contribution in [2.45, 2.75) is 50.2 Å². The van der Waals surface area contributed by atoms with Crippen molar-refractivity contribution in [1.82, 2.24) is 10.2 Å². The summed E-state index contributed by atoms with van der Waals surface area (Å²) in [7, 11) is -4.39. The molecule has 0 aliphatic carbocycles. The number of carbonyl (C=O) groups excluding carboxylic acids is 2. The van der Waals surface area contributed by atoms with E-state index in [2.05, 4.69) is 5.32 Å². The van der Waals surface area contributed by atoms with E-state index in [4.69, 9.17) is 11.6 Å². The largest absolute Gasteiger partial charge is 0.350 e. The van der Waals surface area contributed by atoms with Gasteiger partial charge in [0.25, 0.3) is 10.0 Å². The molecule has 10 heteroatoms. The third-order valence-corrected chi connectivity index (χ3v) is 8.79. The zero-order valence-electron chi connectivity index (χ0n) is 24.8. The van der Waals surface area contributed by atoms with E-state index in [0.29, 0.717) is 10.6 Å². The molecule has 0 heterocycles. The van der Waals surface area contributed by atoms with Crippen molar-refractivity contribution in [3.63, 3.8) is 0 Å². The van der Waals surface area contributed by atoms with Crippen LogP contribution >= 0.6 is 11.6 Å². The summed E-state index contributed by atoms with van der Waals surface area (Å²) < 4.78 is 43.8. The van der Waals surface area contributed by atoms with Gasteiger partial charge in [0.15, 0.2) is 0 Å². The molecule has 4 aromatic carbocycles. The number of anilines is 1. The highest BCUT2D eigenvalue weighted by molar-refractivity contribution is 7.92. The molecule has 1 atom stereocenters. The van der Waals surface area contributed by atoms with E-state index < -0.39 is 45.8 Å². The molecule has 4 rings (SSSR count). The van der Waals surface area contributed by atoms with Crippen molar-refractivity contribution in [3.05, 3.63) is 131 Å². The molecule has 0 saturated heterocycles. The maximum absolute atomic E-state index is 15.2. The summed E-state index contributed by atoms with van der Waals surface area (Å²) >= 11 is 6.11. The number of hydrogen-bond donors (Lipinski definition) is 1. The van der Waals surface area contributed by atoms with Gasteiger partial charge in [0.1, 0.15) is 18.4 Å². The molecule has 7 nitrogen and oxygen atoms in total. The Balaban J connectivity index is 1.82. The van der Waals surface area contributed by atoms with Crippen LogP contribution in [0.4, 0.5) is 10.1 Å². The Kier molecular flexibility index (Phi) is 10.4. The van der Waals surface area contributed by atoms with Crippen LogP contribution < -0.4 is 9.62 Å². The molecule has 44 heavy (non-hydrogen) atoms. The van der Waals surface area contributed by atoms with Gasteiger partial charge in [-0.15, -0.1) is 0 Å². The fourth-order valence-electron chi connectivity index (χ4n) is 4.68. The zero-order valence-corrected chi connectivity index (χ0v) is 26.4. The van der Waals surface area contributed by atoms with Gasteiger partial charge >= 0.3 is 0 Å². The molecular formula is C34H35ClFN3O4S. The Labute approximate surface area is 263 Å². The summed E-state index contributed by atoms with van der Waals surface area (Å²) in [6.45, 7) is 4.73. The lowest BCUT2D eigenvalue weighted by atomic mass is 10.0. The van der Waals surface area contributed by atoms with Crippen LogP contribution in [0, 0.1) is 5.82 Å². The van der Waals surface area contributed by atoms with E-state index in [-0.39, 0.29) is 23.5 Å². The van der Waals surface area contributed by atoms with Crippen LogP contribution in [-0.2, 0) is 32.6 Å². The number of carbonyl (C=O) groups is 2. The van der Waals surface area contributed by atoms with Crippen molar-refractivity contribution in [1.29, 1.82) is 0 Å². The summed E-state index contributed by atoms with van der Waals surface area (Å²) in [5, 5.41) is 3.47. The predicted octanol–water partition coefficient (Wildman–Crippen LogP) is 6.23. The minimum Gasteiger partial charge on any atom is -0.350 e. The SMILES string of the molecule is CC(C)(C)NC(=O)C(Cc1ccccc1)N(Cc1ccc(Cl)cc1)C(=O)CN(c1ccccc1F)S(=O)(=O)c1ccccc1. The van der Waals surface area contributed by atoms with E-state index in [0.717, 1.165) is 15.9 Å². The van der Waals surface area contributed by atoms with Crippen LogP contribution in [0.25, 0.3) is 0 Å². The van der Waals surface area contributed by atoms with E-state index in [9.17, 15) is 18.0 Å². The summed E-state index contributed by atoms with van der Waals surface area (Å²) in [6, 6.07) is 27.9. The van der Waals surface area contributed by atoms with Gasteiger partial charge in [-0.05, 0) is 68.3 Å². The summed E-state index contributed by atoms with van der Waals surface area (Å²) in [4.78, 5) is 29.5. The first-order valence-corrected chi connectivity index (χ1v) is 15.9. The van der Waals surface area contributed by atoms with Gasteiger partial charge in [0, 0.05) is 23.5 Å². The van der Waals surface area contributed by atoms with E-state index in [1.807, 2.05) is 51.1 Å². The molecule has 0 spiro atoms. The molecule has 1 unspecified atom stereocenters. The standard InChI is InChI=1S/C34H35ClFN3O4S/c1-34(2,3)37-33(41)31(22-25-12-6-4-7-13-25)38(23-26-18-20-27(35)21-19-26)32(40)24-39(30-17-11-10-16-29(30)36)44(42,43)28-14-8-5-9-15-28/h4-21,31H,22-24H2,1-3H3,(H,37,41). The van der Waals surface area contributed by atoms with E-state index in [1.165, 1.54) is 35.2 Å². The second-order valence-electron chi connectivity index (χ2n) is 11.4. The first kappa shape index (κ1) is 32.7. The predicted molar refractivity (Wildman–Crippen MR) is 171 cm³/mol. The number of rotatable bonds is 11. The molecule has 2 amide bonds. The molecule has 0 fully saturated rings. The Morgan fingerprint density at radius 2 is 1.39 bits per heavy atom. The fourth-order valence-corrected chi connectivity index (χ4v) is 6.25. The lowest BCUT2D eigenvalue weighted by Crippen LogP contribution is -2.56. The monoisotopic (exact) mass is 635 g/mol. The average Bonchev–Trinajstić information content (AvgIpc) is 2.99. The quantitative estimate of drug-likeness (QED) is 0.212. The Morgan fingerprint density at radius 1 is 0.818 bits per heavy atom. The van der Waals surface area contributed by atoms with Gasteiger partial charge in [-0.3, -0.25) is 13.9 Å². The molecule has 0 saturated carbocycles. The molecule has 0 aromatic heterocycles. The van der Waals surface area contributed by atoms with Crippen LogP contribution in [0.1, 0.15) is 31.9 Å². The van der Waals surface area contributed by atoms with Crippen molar-refractivity contribution >= 4 is 39.1 Å². The topological polar surface area (TPSA) is 86.8 Å². The third kappa shape index (κ3) is 8.45. The Bertz CT molecular complexity index is 1680. The lowest BCUT2D eigenvalue weighted by Gasteiger charge is -2.35. The maximum Gasteiger partial charge on any atom is 0.264 e. The average molecular weight is 636 g/mol. The molecule has 1 N–H and O–H groups in total. The minimum absolute atomic E-state index is 0.0262.